The summed E-state index contributed by atoms with van der Waals surface area (Å²) >= 11 is -1.17. The van der Waals surface area contributed by atoms with Gasteiger partial charge in [0.25, 0.3) is 0 Å². The zero-order chi connectivity index (χ0) is 12.5. The first-order chi connectivity index (χ1) is 8.31. The second-order valence-electron chi connectivity index (χ2n) is 4.19. The van der Waals surface area contributed by atoms with Crippen molar-refractivity contribution in [3.63, 3.8) is 0 Å². The van der Waals surface area contributed by atoms with Gasteiger partial charge in [-0.15, -0.1) is 0 Å². The molecule has 1 unspecified atom stereocenters. The van der Waals surface area contributed by atoms with Gasteiger partial charge in [-0.3, -0.25) is 0 Å². The Morgan fingerprint density at radius 1 is 1.24 bits per heavy atom. The summed E-state index contributed by atoms with van der Waals surface area (Å²) in [6.07, 6.45) is 0. The van der Waals surface area contributed by atoms with E-state index >= 15 is 0 Å². The van der Waals surface area contributed by atoms with E-state index in [1.165, 1.54) is 20.2 Å². The van der Waals surface area contributed by atoms with Crippen LogP contribution in [0.1, 0.15) is 25.3 Å². The fourth-order valence-electron chi connectivity index (χ4n) is 2.06. The number of hydrogen-bond acceptors (Lipinski definition) is 2. The Kier molecular flexibility index (Phi) is 8.40. The van der Waals surface area contributed by atoms with Gasteiger partial charge in [0.1, 0.15) is 0 Å². The molecule has 0 radical (unpaired) electrons. The molecule has 0 saturated carbocycles. The zero-order valence-electron chi connectivity index (χ0n) is 11.2. The van der Waals surface area contributed by atoms with E-state index in [-0.39, 0.29) is 0 Å². The molecule has 1 aromatic rings. The molecule has 1 aromatic carbocycles. The molecule has 3 heteroatoms. The molecular weight excluding hydrogens is 333 g/mol. The predicted molar refractivity (Wildman–Crippen MR) is 82.3 cm³/mol. The van der Waals surface area contributed by atoms with E-state index in [0.29, 0.717) is 0 Å². The molecule has 0 saturated heterocycles. The summed E-state index contributed by atoms with van der Waals surface area (Å²) in [5.41, 5.74) is 1.52. The van der Waals surface area contributed by atoms with Gasteiger partial charge in [0.2, 0.25) is 0 Å². The van der Waals surface area contributed by atoms with Gasteiger partial charge in [0.05, 0.1) is 0 Å². The third kappa shape index (κ3) is 5.66. The molecule has 0 aliphatic heterocycles. The summed E-state index contributed by atoms with van der Waals surface area (Å²) in [7, 11) is 4.36. The summed E-state index contributed by atoms with van der Waals surface area (Å²) in [5.74, 6) is 2.04. The fraction of sp³-hybridized carbons (Fsp3) is 0.571. The van der Waals surface area contributed by atoms with E-state index in [0.717, 1.165) is 12.5 Å². The quantitative estimate of drug-likeness (QED) is 0.712. The van der Waals surface area contributed by atoms with Crippen molar-refractivity contribution in [2.45, 2.75) is 28.6 Å². The van der Waals surface area contributed by atoms with Crippen molar-refractivity contribution in [1.29, 1.82) is 0 Å². The van der Waals surface area contributed by atoms with Gasteiger partial charge in [-0.05, 0) is 0 Å². The molecule has 1 N–H and O–H groups in total. The Bertz CT molecular complexity index is 292. The van der Waals surface area contributed by atoms with Crippen LogP contribution >= 0.6 is 8.95 Å². The van der Waals surface area contributed by atoms with Gasteiger partial charge < -0.3 is 0 Å². The van der Waals surface area contributed by atoms with Gasteiger partial charge in [-0.1, -0.05) is 0 Å². The molecule has 0 aliphatic rings. The number of likely N-dealkylation sites (N-methyl/N-ethyl adjacent to an activating group) is 1. The van der Waals surface area contributed by atoms with Crippen molar-refractivity contribution in [2.75, 3.05) is 19.3 Å². The summed E-state index contributed by atoms with van der Waals surface area (Å²) in [6.45, 7) is 5.81. The zero-order valence-corrected chi connectivity index (χ0v) is 14.9. The Balaban J connectivity index is 2.65. The molecule has 0 amide bonds. The van der Waals surface area contributed by atoms with Crippen molar-refractivity contribution in [3.8, 4) is 0 Å². The minimum atomic E-state index is -1.17. The maximum absolute atomic E-state index is 3.36. The number of benzene rings is 1. The van der Waals surface area contributed by atoms with E-state index in [2.05, 4.69) is 65.5 Å². The van der Waals surface area contributed by atoms with Crippen LogP contribution in [0.4, 0.5) is 0 Å². The van der Waals surface area contributed by atoms with Gasteiger partial charge in [0, 0.05) is 0 Å². The van der Waals surface area contributed by atoms with Crippen molar-refractivity contribution in [1.82, 2.24) is 5.32 Å². The van der Waals surface area contributed by atoms with Crippen LogP contribution in [0.15, 0.2) is 30.3 Å². The minimum absolute atomic E-state index is 0.731. The summed E-state index contributed by atoms with van der Waals surface area (Å²) in [5, 5.41) is 3.36. The van der Waals surface area contributed by atoms with E-state index in [9.17, 15) is 0 Å². The predicted octanol–water partition coefficient (Wildman–Crippen LogP) is 3.75. The molecular formula is C14H24NSSn+. The molecule has 0 bridgehead atoms. The van der Waals surface area contributed by atoms with Crippen LogP contribution in [0.5, 0.6) is 0 Å². The molecule has 0 fully saturated rings. The van der Waals surface area contributed by atoms with Crippen LogP contribution in [0.25, 0.3) is 0 Å². The first kappa shape index (κ1) is 15.4. The van der Waals surface area contributed by atoms with Crippen molar-refractivity contribution < 1.29 is 0 Å². The van der Waals surface area contributed by atoms with Crippen LogP contribution in [-0.4, -0.2) is 37.7 Å². The summed E-state index contributed by atoms with van der Waals surface area (Å²) < 4.78 is 2.94. The number of nitrogens with one attached hydrogen (secondary N) is 1. The fourth-order valence-corrected chi connectivity index (χ4v) is 13.9. The van der Waals surface area contributed by atoms with E-state index in [1.807, 2.05) is 0 Å². The van der Waals surface area contributed by atoms with E-state index in [1.54, 1.807) is 0 Å². The summed E-state index contributed by atoms with van der Waals surface area (Å²) in [4.78, 5) is 0. The Labute approximate surface area is 116 Å². The monoisotopic (exact) mass is 358 g/mol. The molecule has 1 nitrogen and oxygen atoms in total. The SMILES string of the molecule is CC[S][Sn+]([CH2]C)[CH2]C(CNC)c1ccccc1. The van der Waals surface area contributed by atoms with Gasteiger partial charge >= 0.3 is 117 Å². The molecule has 0 aromatic heterocycles. The second-order valence-corrected chi connectivity index (χ2v) is 17.7. The first-order valence-corrected chi connectivity index (χ1v) is 15.0. The van der Waals surface area contributed by atoms with Crippen molar-refractivity contribution in [2.24, 2.45) is 0 Å². The molecule has 0 heterocycles. The summed E-state index contributed by atoms with van der Waals surface area (Å²) in [6, 6.07) is 11.0. The topological polar surface area (TPSA) is 12.0 Å². The van der Waals surface area contributed by atoms with Crippen LogP contribution in [0, 0.1) is 0 Å². The van der Waals surface area contributed by atoms with E-state index < -0.39 is 18.4 Å². The molecule has 1 rings (SSSR count). The Morgan fingerprint density at radius 2 is 1.94 bits per heavy atom. The normalized spacial score (nSPS) is 12.4. The first-order valence-electron chi connectivity index (χ1n) is 6.48. The average molecular weight is 357 g/mol. The molecule has 0 spiro atoms. The third-order valence-electron chi connectivity index (χ3n) is 2.94. The van der Waals surface area contributed by atoms with Crippen LogP contribution in [0.2, 0.25) is 8.87 Å². The third-order valence-corrected chi connectivity index (χ3v) is 17.6. The van der Waals surface area contributed by atoms with Crippen molar-refractivity contribution >= 4 is 27.3 Å². The Morgan fingerprint density at radius 3 is 2.47 bits per heavy atom. The number of hydrogen-bond donors (Lipinski definition) is 1. The molecule has 17 heavy (non-hydrogen) atoms. The Hall–Kier alpha value is 0.329. The van der Waals surface area contributed by atoms with Crippen LogP contribution in [-0.2, 0) is 0 Å². The van der Waals surface area contributed by atoms with E-state index in [4.69, 9.17) is 0 Å². The van der Waals surface area contributed by atoms with Gasteiger partial charge in [-0.2, -0.15) is 0 Å². The van der Waals surface area contributed by atoms with Crippen LogP contribution < -0.4 is 5.32 Å². The maximum atomic E-state index is 3.36. The van der Waals surface area contributed by atoms with Crippen LogP contribution in [0.3, 0.4) is 0 Å². The number of rotatable bonds is 8. The standard InChI is InChI=1S/C10H14N.C2H6S.C2H5.Sn/c1-9(8-11-2)10-6-4-3-5-7-10;1-2-3;1-2;/h3-7,9,11H,1,8H2,2H3;3H,2H2,1H3;1H2,2H3;/q;;;+2/p-1. The van der Waals surface area contributed by atoms with Gasteiger partial charge in [0.15, 0.2) is 0 Å². The van der Waals surface area contributed by atoms with Gasteiger partial charge in [-0.25, -0.2) is 0 Å². The molecule has 94 valence electrons. The van der Waals surface area contributed by atoms with Crippen molar-refractivity contribution in [3.05, 3.63) is 35.9 Å². The average Bonchev–Trinajstić information content (AvgIpc) is 2.38. The molecule has 0 aliphatic carbocycles. The second kappa shape index (κ2) is 9.28. The molecule has 1 atom stereocenters.